The molecule has 2 aromatic heterocycles. The lowest BCUT2D eigenvalue weighted by Gasteiger charge is -2.35. The molecular weight excluding hydrogens is 562 g/mol. The lowest BCUT2D eigenvalue weighted by Crippen LogP contribution is -2.54. The molecule has 0 saturated carbocycles. The summed E-state index contributed by atoms with van der Waals surface area (Å²) < 4.78 is 17.1. The van der Waals surface area contributed by atoms with Crippen LogP contribution < -0.4 is 11.1 Å². The number of amides is 3. The normalized spacial score (nSPS) is 20.8. The second-order valence-electron chi connectivity index (χ2n) is 11.9. The van der Waals surface area contributed by atoms with Gasteiger partial charge in [-0.25, -0.2) is 0 Å². The number of fused-ring (bicyclic) bond motifs is 2. The summed E-state index contributed by atoms with van der Waals surface area (Å²) in [4.78, 5) is 47.3. The Bertz CT molecular complexity index is 1600. The molecule has 4 N–H and O–H groups in total. The molecule has 2 atom stereocenters. The number of nitrogens with two attached hydrogens (primary N) is 1. The highest BCUT2D eigenvalue weighted by molar-refractivity contribution is 5.96. The van der Waals surface area contributed by atoms with Gasteiger partial charge in [-0.15, -0.1) is 0 Å². The van der Waals surface area contributed by atoms with E-state index in [4.69, 9.17) is 19.6 Å². The molecule has 44 heavy (non-hydrogen) atoms. The number of hydrogen-bond acceptors (Lipinski definition) is 7. The molecule has 11 nitrogen and oxygen atoms in total. The van der Waals surface area contributed by atoms with Gasteiger partial charge in [0, 0.05) is 54.5 Å². The third kappa shape index (κ3) is 6.21. The molecule has 11 heteroatoms. The molecular formula is C33H39N5O6. The highest BCUT2D eigenvalue weighted by Gasteiger charge is 2.36. The number of furan rings is 1. The van der Waals surface area contributed by atoms with Crippen molar-refractivity contribution in [3.63, 3.8) is 0 Å². The second kappa shape index (κ2) is 12.8. The maximum absolute atomic E-state index is 13.9. The summed E-state index contributed by atoms with van der Waals surface area (Å²) in [5, 5.41) is 4.97. The van der Waals surface area contributed by atoms with Crippen molar-refractivity contribution in [3.05, 3.63) is 72.1 Å². The molecule has 4 aromatic rings. The Morgan fingerprint density at radius 2 is 1.77 bits per heavy atom. The molecule has 6 rings (SSSR count). The average molecular weight is 602 g/mol. The van der Waals surface area contributed by atoms with E-state index in [-0.39, 0.29) is 42.1 Å². The van der Waals surface area contributed by atoms with Crippen molar-refractivity contribution in [3.8, 4) is 0 Å². The second-order valence-corrected chi connectivity index (χ2v) is 11.9. The minimum Gasteiger partial charge on any atom is -0.451 e. The van der Waals surface area contributed by atoms with Crippen molar-refractivity contribution in [1.29, 1.82) is 0 Å². The summed E-state index contributed by atoms with van der Waals surface area (Å²) in [7, 11) is 1.69. The van der Waals surface area contributed by atoms with Crippen LogP contribution in [0.5, 0.6) is 0 Å². The Balaban J connectivity index is 1.14. The Morgan fingerprint density at radius 1 is 1.07 bits per heavy atom. The zero-order chi connectivity index (χ0) is 30.8. The third-order valence-corrected chi connectivity index (χ3v) is 8.76. The van der Waals surface area contributed by atoms with E-state index in [1.165, 1.54) is 0 Å². The fourth-order valence-corrected chi connectivity index (χ4v) is 6.12. The van der Waals surface area contributed by atoms with Crippen LogP contribution in [-0.4, -0.2) is 90.8 Å². The summed E-state index contributed by atoms with van der Waals surface area (Å²) in [5.74, 6) is -0.997. The van der Waals surface area contributed by atoms with E-state index in [2.05, 4.69) is 10.3 Å². The molecule has 3 amide bonds. The van der Waals surface area contributed by atoms with E-state index in [0.29, 0.717) is 50.5 Å². The number of aromatic nitrogens is 1. The topological polar surface area (TPSA) is 143 Å². The van der Waals surface area contributed by atoms with Crippen LogP contribution in [0.25, 0.3) is 21.9 Å². The molecule has 4 heterocycles. The summed E-state index contributed by atoms with van der Waals surface area (Å²) >= 11 is 0. The number of piperidine rings is 1. The molecule has 0 radical (unpaired) electrons. The number of nitrogens with one attached hydrogen (secondary N) is 2. The summed E-state index contributed by atoms with van der Waals surface area (Å²) in [5.41, 5.74) is 8.43. The van der Waals surface area contributed by atoms with E-state index in [9.17, 15) is 14.4 Å². The summed E-state index contributed by atoms with van der Waals surface area (Å²) in [6.45, 7) is 3.71. The van der Waals surface area contributed by atoms with Crippen LogP contribution in [0, 0.1) is 5.92 Å². The number of carbonyl (C=O) groups is 3. The number of rotatable bonds is 8. The molecule has 0 aliphatic carbocycles. The van der Waals surface area contributed by atoms with Gasteiger partial charge in [0.2, 0.25) is 11.8 Å². The van der Waals surface area contributed by atoms with Crippen molar-refractivity contribution in [2.24, 2.45) is 11.7 Å². The number of para-hydroxylation sites is 2. The number of aromatic amines is 1. The van der Waals surface area contributed by atoms with Gasteiger partial charge in [0.05, 0.1) is 25.8 Å². The number of nitrogens with zero attached hydrogens (tertiary/aromatic N) is 2. The van der Waals surface area contributed by atoms with E-state index in [0.717, 1.165) is 21.9 Å². The first-order valence-electron chi connectivity index (χ1n) is 15.2. The van der Waals surface area contributed by atoms with Gasteiger partial charge in [-0.2, -0.15) is 0 Å². The van der Waals surface area contributed by atoms with Crippen LogP contribution in [0.1, 0.15) is 41.8 Å². The molecule has 0 bridgehead atoms. The van der Waals surface area contributed by atoms with Gasteiger partial charge in [0.25, 0.3) is 5.91 Å². The van der Waals surface area contributed by atoms with Gasteiger partial charge in [-0.1, -0.05) is 43.3 Å². The molecule has 2 aromatic carbocycles. The Kier molecular flexibility index (Phi) is 8.69. The van der Waals surface area contributed by atoms with Gasteiger partial charge in [-0.3, -0.25) is 14.4 Å². The minimum absolute atomic E-state index is 0.184. The molecule has 2 aliphatic rings. The zero-order valence-corrected chi connectivity index (χ0v) is 25.0. The smallest absolute Gasteiger partial charge is 0.289 e. The maximum Gasteiger partial charge on any atom is 0.289 e. The van der Waals surface area contributed by atoms with Crippen LogP contribution in [0.2, 0.25) is 0 Å². The monoisotopic (exact) mass is 601 g/mol. The van der Waals surface area contributed by atoms with Crippen LogP contribution >= 0.6 is 0 Å². The number of likely N-dealkylation sites (N-methyl/N-ethyl adjacent to an activating group) is 1. The molecule has 2 fully saturated rings. The predicted octanol–water partition coefficient (Wildman–Crippen LogP) is 3.21. The van der Waals surface area contributed by atoms with Crippen molar-refractivity contribution >= 4 is 39.6 Å². The van der Waals surface area contributed by atoms with Crippen LogP contribution in [0.4, 0.5) is 0 Å². The highest BCUT2D eigenvalue weighted by atomic mass is 16.7. The molecule has 2 saturated heterocycles. The number of likely N-dealkylation sites (tertiary alicyclic amines) is 1. The van der Waals surface area contributed by atoms with Crippen molar-refractivity contribution in [2.75, 3.05) is 39.9 Å². The third-order valence-electron chi connectivity index (χ3n) is 8.76. The van der Waals surface area contributed by atoms with E-state index < -0.39 is 12.3 Å². The Labute approximate surface area is 255 Å². The highest BCUT2D eigenvalue weighted by Crippen LogP contribution is 2.30. The SMILES string of the molecule is C[C@@H](c1c[nH]c2ccccc12)[C@@H](NC(=O)C1CCN(C(=O)c2cc3ccccc3o2)CC1)C(=O)N(C)CC1OCC(N)CO1. The predicted molar refractivity (Wildman–Crippen MR) is 165 cm³/mol. The van der Waals surface area contributed by atoms with E-state index in [1.807, 2.05) is 61.7 Å². The molecule has 232 valence electrons. The first-order chi connectivity index (χ1) is 21.3. The summed E-state index contributed by atoms with van der Waals surface area (Å²) in [6.07, 6.45) is 2.29. The quantitative estimate of drug-likeness (QED) is 0.281. The fraction of sp³-hybridized carbons (Fsp3) is 0.424. The summed E-state index contributed by atoms with van der Waals surface area (Å²) in [6, 6.07) is 16.1. The zero-order valence-electron chi connectivity index (χ0n) is 25.0. The minimum atomic E-state index is -0.826. The van der Waals surface area contributed by atoms with Gasteiger partial charge in [0.15, 0.2) is 12.1 Å². The van der Waals surface area contributed by atoms with Crippen molar-refractivity contribution in [2.45, 2.75) is 44.1 Å². The van der Waals surface area contributed by atoms with Crippen LogP contribution in [-0.2, 0) is 19.1 Å². The van der Waals surface area contributed by atoms with Crippen LogP contribution in [0.3, 0.4) is 0 Å². The maximum atomic E-state index is 13.9. The first kappa shape index (κ1) is 29.9. The number of hydrogen-bond donors (Lipinski definition) is 3. The van der Waals surface area contributed by atoms with E-state index >= 15 is 0 Å². The van der Waals surface area contributed by atoms with Gasteiger partial charge < -0.3 is 39.7 Å². The number of benzene rings is 2. The fourth-order valence-electron chi connectivity index (χ4n) is 6.12. The number of ether oxygens (including phenoxy) is 2. The molecule has 0 unspecified atom stereocenters. The lowest BCUT2D eigenvalue weighted by atomic mass is 9.90. The Hall–Kier alpha value is -4.19. The van der Waals surface area contributed by atoms with Gasteiger partial charge >= 0.3 is 0 Å². The van der Waals surface area contributed by atoms with Crippen LogP contribution in [0.15, 0.2) is 65.2 Å². The average Bonchev–Trinajstić information content (AvgIpc) is 3.68. The molecule has 0 spiro atoms. The largest absolute Gasteiger partial charge is 0.451 e. The van der Waals surface area contributed by atoms with Crippen molar-refractivity contribution < 1.29 is 28.3 Å². The molecule has 2 aliphatic heterocycles. The van der Waals surface area contributed by atoms with Gasteiger partial charge in [-0.05, 0) is 36.6 Å². The first-order valence-corrected chi connectivity index (χ1v) is 15.2. The number of H-pyrrole nitrogens is 1. The number of carbonyl (C=O) groups excluding carboxylic acids is 3. The lowest BCUT2D eigenvalue weighted by molar-refractivity contribution is -0.193. The standard InChI is InChI=1S/C33H39N5O6/c1-20(25-16-35-26-9-5-4-8-24(25)26)30(33(41)37(2)17-29-42-18-23(34)19-43-29)36-31(39)21-11-13-38(14-12-21)32(40)28-15-22-7-3-6-10-27(22)44-28/h3-10,15-16,20-21,23,29-30,35H,11-14,17-19,34H2,1-2H3,(H,36,39)/t20-,23?,29?,30+/m0/s1. The van der Waals surface area contributed by atoms with E-state index in [1.54, 1.807) is 22.9 Å². The Morgan fingerprint density at radius 3 is 2.52 bits per heavy atom. The van der Waals surface area contributed by atoms with Crippen molar-refractivity contribution in [1.82, 2.24) is 20.1 Å². The van der Waals surface area contributed by atoms with Gasteiger partial charge in [0.1, 0.15) is 11.6 Å².